The fraction of sp³-hybridized carbons (Fsp3) is 0.824. The van der Waals surface area contributed by atoms with E-state index in [0.717, 1.165) is 4.90 Å². The van der Waals surface area contributed by atoms with Crippen molar-refractivity contribution in [2.45, 2.75) is 158 Å². The van der Waals surface area contributed by atoms with Gasteiger partial charge >= 0.3 is 18.2 Å². The Morgan fingerprint density at radius 2 is 1.00 bits per heavy atom. The highest BCUT2D eigenvalue weighted by Gasteiger charge is 2.45. The van der Waals surface area contributed by atoms with Crippen LogP contribution in [0, 0.1) is 23.7 Å². The third kappa shape index (κ3) is 14.1. The maximum Gasteiger partial charge on any atom is 0.417 e. The number of carbonyl (C=O) groups excluding carboxylic acids is 5. The second-order valence-corrected chi connectivity index (χ2v) is 14.6. The van der Waals surface area contributed by atoms with Gasteiger partial charge in [-0.15, -0.1) is 0 Å². The zero-order valence-electron chi connectivity index (χ0n) is 31.1. The molecule has 0 saturated carbocycles. The van der Waals surface area contributed by atoms with Crippen molar-refractivity contribution < 1.29 is 43.3 Å². The lowest BCUT2D eigenvalue weighted by molar-refractivity contribution is -0.148. The molecule has 0 saturated heterocycles. The topological polar surface area (TPSA) is 180 Å². The van der Waals surface area contributed by atoms with Crippen molar-refractivity contribution in [3.05, 3.63) is 0 Å². The number of hydrogen-bond donors (Lipinski definition) is 4. The summed E-state index contributed by atoms with van der Waals surface area (Å²) in [5.41, 5.74) is -1.87. The average molecular weight is 671 g/mol. The number of nitrogens with one attached hydrogen (secondary N) is 3. The van der Waals surface area contributed by atoms with Crippen LogP contribution in [0.15, 0.2) is 0 Å². The van der Waals surface area contributed by atoms with Gasteiger partial charge in [-0.25, -0.2) is 19.3 Å². The van der Waals surface area contributed by atoms with Gasteiger partial charge in [-0.3, -0.25) is 14.4 Å². The second kappa shape index (κ2) is 18.8. The fourth-order valence-corrected chi connectivity index (χ4v) is 4.64. The van der Waals surface area contributed by atoms with Gasteiger partial charge in [-0.1, -0.05) is 81.1 Å². The molecule has 0 fully saturated rings. The number of hydrogen-bond acceptors (Lipinski definition) is 8. The number of aliphatic carboxylic acids is 1. The number of alkyl carbamates (subject to hydrolysis) is 1. The molecule has 0 aromatic heterocycles. The van der Waals surface area contributed by atoms with E-state index in [-0.39, 0.29) is 5.92 Å². The molecule has 0 heterocycles. The smallest absolute Gasteiger partial charge is 0.417 e. The first-order valence-electron chi connectivity index (χ1n) is 16.8. The van der Waals surface area contributed by atoms with Crippen LogP contribution < -0.4 is 16.0 Å². The van der Waals surface area contributed by atoms with Crippen LogP contribution in [0.4, 0.5) is 9.59 Å². The van der Waals surface area contributed by atoms with Crippen LogP contribution in [0.1, 0.15) is 123 Å². The Balaban J connectivity index is 7.04. The minimum Gasteiger partial charge on any atom is -0.480 e. The number of carboxylic acids is 1. The van der Waals surface area contributed by atoms with Crippen LogP contribution in [0.3, 0.4) is 0 Å². The zero-order valence-corrected chi connectivity index (χ0v) is 31.1. The Morgan fingerprint density at radius 3 is 1.40 bits per heavy atom. The van der Waals surface area contributed by atoms with Crippen molar-refractivity contribution in [1.82, 2.24) is 20.9 Å². The summed E-state index contributed by atoms with van der Waals surface area (Å²) < 4.78 is 11.0. The minimum atomic E-state index is -1.46. The van der Waals surface area contributed by atoms with Gasteiger partial charge in [0.05, 0.1) is 0 Å². The summed E-state index contributed by atoms with van der Waals surface area (Å²) >= 11 is 0. The Hall–Kier alpha value is -3.38. The molecule has 0 aromatic carbocycles. The highest BCUT2D eigenvalue weighted by molar-refractivity contribution is 6.02. The molecule has 4 N–H and O–H groups in total. The molecule has 0 aliphatic carbocycles. The quantitative estimate of drug-likeness (QED) is 0.171. The number of amides is 5. The highest BCUT2D eigenvalue weighted by atomic mass is 16.6. The Labute approximate surface area is 281 Å². The molecule has 13 nitrogen and oxygen atoms in total. The van der Waals surface area contributed by atoms with Gasteiger partial charge < -0.3 is 30.5 Å². The van der Waals surface area contributed by atoms with Crippen molar-refractivity contribution >= 4 is 35.9 Å². The van der Waals surface area contributed by atoms with E-state index in [1.807, 2.05) is 13.8 Å². The lowest BCUT2D eigenvalue weighted by Gasteiger charge is -2.38. The predicted molar refractivity (Wildman–Crippen MR) is 179 cm³/mol. The van der Waals surface area contributed by atoms with E-state index in [1.54, 1.807) is 83.1 Å². The van der Waals surface area contributed by atoms with Gasteiger partial charge in [0.1, 0.15) is 35.4 Å². The van der Waals surface area contributed by atoms with Crippen LogP contribution in [-0.4, -0.2) is 81.3 Å². The number of nitrogens with zero attached hydrogens (tertiary/aromatic N) is 1. The number of rotatable bonds is 16. The maximum atomic E-state index is 14.6. The highest BCUT2D eigenvalue weighted by Crippen LogP contribution is 2.24. The Morgan fingerprint density at radius 1 is 0.596 bits per heavy atom. The molecular weight excluding hydrogens is 608 g/mol. The standard InChI is InChI=1S/C34H62N4O9/c1-15-19(5)23(37-31(44)46-33(9,10)11)27(39)35-24(20(6)16-2)29(41)38(32(45)47-34(12,13)14)26(22(8)18-4)28(40)36-25(30(42)43)21(7)17-3/h19-26H,15-18H2,1-14H3,(H,35,39)(H,36,40)(H,37,44)(H,42,43)/t19-,20-,21-,22-,23-,24-,25-,26-/m0/s1. The monoisotopic (exact) mass is 670 g/mol. The fourth-order valence-electron chi connectivity index (χ4n) is 4.64. The Kier molecular flexibility index (Phi) is 17.5. The van der Waals surface area contributed by atoms with Crippen molar-refractivity contribution in [3.63, 3.8) is 0 Å². The summed E-state index contributed by atoms with van der Waals surface area (Å²) in [5.74, 6) is -5.58. The first-order chi connectivity index (χ1) is 21.5. The molecule has 47 heavy (non-hydrogen) atoms. The SMILES string of the molecule is CC[C@H](C)[C@H](NC(=O)[C@H]([C@@H](C)CC)N(C(=O)OC(C)(C)C)C(=O)[C@@H](NC(=O)[C@@H](NC(=O)OC(C)(C)C)[C@@H](C)CC)[C@@H](C)CC)C(=O)O. The molecule has 8 atom stereocenters. The molecule has 0 radical (unpaired) electrons. The summed E-state index contributed by atoms with van der Waals surface area (Å²) in [5, 5.41) is 17.8. The van der Waals surface area contributed by atoms with E-state index >= 15 is 0 Å². The van der Waals surface area contributed by atoms with Gasteiger partial charge in [0, 0.05) is 0 Å². The van der Waals surface area contributed by atoms with E-state index < -0.39 is 89.0 Å². The van der Waals surface area contributed by atoms with E-state index in [0.29, 0.717) is 25.7 Å². The van der Waals surface area contributed by atoms with E-state index in [4.69, 9.17) is 9.47 Å². The molecule has 5 amide bonds. The van der Waals surface area contributed by atoms with Gasteiger partial charge in [0.25, 0.3) is 5.91 Å². The average Bonchev–Trinajstić information content (AvgIpc) is 2.95. The number of ether oxygens (including phenoxy) is 2. The van der Waals surface area contributed by atoms with Gasteiger partial charge in [-0.05, 0) is 65.2 Å². The zero-order chi connectivity index (χ0) is 37.0. The first kappa shape index (κ1) is 43.6. The second-order valence-electron chi connectivity index (χ2n) is 14.6. The minimum absolute atomic E-state index is 0.349. The third-order valence-electron chi connectivity index (χ3n) is 8.28. The molecule has 0 aliphatic heterocycles. The van der Waals surface area contributed by atoms with Crippen molar-refractivity contribution in [3.8, 4) is 0 Å². The molecule has 0 spiro atoms. The number of carboxylic acid groups (broad SMARTS) is 1. The van der Waals surface area contributed by atoms with Crippen LogP contribution in [0.2, 0.25) is 0 Å². The predicted octanol–water partition coefficient (Wildman–Crippen LogP) is 5.25. The molecule has 0 rings (SSSR count). The molecule has 272 valence electrons. The summed E-state index contributed by atoms with van der Waals surface area (Å²) in [7, 11) is 0. The van der Waals surface area contributed by atoms with Crippen molar-refractivity contribution in [2.24, 2.45) is 23.7 Å². The van der Waals surface area contributed by atoms with Gasteiger partial charge in [-0.2, -0.15) is 0 Å². The number of imide groups is 1. The van der Waals surface area contributed by atoms with Crippen molar-refractivity contribution in [1.29, 1.82) is 0 Å². The summed E-state index contributed by atoms with van der Waals surface area (Å²) in [6, 6.07) is -5.11. The van der Waals surface area contributed by atoms with Gasteiger partial charge in [0.15, 0.2) is 0 Å². The summed E-state index contributed by atoms with van der Waals surface area (Å²) in [6.45, 7) is 24.0. The van der Waals surface area contributed by atoms with E-state index in [9.17, 15) is 33.9 Å². The number of carbonyl (C=O) groups is 6. The normalized spacial score (nSPS) is 17.0. The van der Waals surface area contributed by atoms with Crippen LogP contribution in [0.25, 0.3) is 0 Å². The molecule has 0 bridgehead atoms. The first-order valence-corrected chi connectivity index (χ1v) is 16.8. The van der Waals surface area contributed by atoms with Gasteiger partial charge in [0.2, 0.25) is 11.8 Å². The molecule has 13 heteroatoms. The summed E-state index contributed by atoms with van der Waals surface area (Å²) in [6.07, 6.45) is -0.189. The van der Waals surface area contributed by atoms with Crippen LogP contribution in [-0.2, 0) is 28.7 Å². The van der Waals surface area contributed by atoms with E-state index in [2.05, 4.69) is 16.0 Å². The van der Waals surface area contributed by atoms with Crippen molar-refractivity contribution in [2.75, 3.05) is 0 Å². The van der Waals surface area contributed by atoms with Crippen LogP contribution in [0.5, 0.6) is 0 Å². The summed E-state index contributed by atoms with van der Waals surface area (Å²) in [4.78, 5) is 81.6. The molecular formula is C34H62N4O9. The molecule has 0 aliphatic rings. The Bertz CT molecular complexity index is 1080. The largest absolute Gasteiger partial charge is 0.480 e. The lowest BCUT2D eigenvalue weighted by Crippen LogP contribution is -2.64. The van der Waals surface area contributed by atoms with Crippen LogP contribution >= 0.6 is 0 Å². The lowest BCUT2D eigenvalue weighted by atomic mass is 9.91. The molecule has 0 unspecified atom stereocenters. The van der Waals surface area contributed by atoms with E-state index in [1.165, 1.54) is 0 Å². The third-order valence-corrected chi connectivity index (χ3v) is 8.28. The maximum absolute atomic E-state index is 14.6. The molecule has 0 aromatic rings.